The lowest BCUT2D eigenvalue weighted by atomic mass is 10.0. The summed E-state index contributed by atoms with van der Waals surface area (Å²) < 4.78 is 29.4. The third kappa shape index (κ3) is 3.82. The number of carbonyl (C=O) groups is 2. The Bertz CT molecular complexity index is 632. The molecule has 0 saturated heterocycles. The fourth-order valence-electron chi connectivity index (χ4n) is 1.49. The molecule has 1 heterocycles. The van der Waals surface area contributed by atoms with Crippen molar-refractivity contribution in [1.29, 1.82) is 0 Å². The second-order valence-corrected chi connectivity index (χ2v) is 7.06. The van der Waals surface area contributed by atoms with Gasteiger partial charge < -0.3 is 14.8 Å². The van der Waals surface area contributed by atoms with Gasteiger partial charge in [-0.25, -0.2) is 17.5 Å². The summed E-state index contributed by atoms with van der Waals surface area (Å²) in [6.45, 7) is 3.30. The van der Waals surface area contributed by atoms with Crippen LogP contribution in [0.4, 0.5) is 0 Å². The number of nitrogens with zero attached hydrogens (tertiary/aromatic N) is 1. The number of carbonyl (C=O) groups excluding carboxylic acids is 1. The van der Waals surface area contributed by atoms with E-state index in [4.69, 9.17) is 9.52 Å². The van der Waals surface area contributed by atoms with Gasteiger partial charge in [-0.05, 0) is 5.92 Å². The second kappa shape index (κ2) is 6.27. The summed E-state index contributed by atoms with van der Waals surface area (Å²) in [5.74, 6) is -2.19. The molecule has 0 radical (unpaired) electrons. The Balaban J connectivity index is 2.96. The number of sulfonamides is 1. The maximum absolute atomic E-state index is 11.9. The van der Waals surface area contributed by atoms with E-state index in [0.29, 0.717) is 0 Å². The van der Waals surface area contributed by atoms with E-state index in [-0.39, 0.29) is 16.6 Å². The molecule has 0 spiro atoms. The summed E-state index contributed by atoms with van der Waals surface area (Å²) in [5, 5.41) is 10.9. The summed E-state index contributed by atoms with van der Waals surface area (Å²) in [6, 6.07) is -0.00881. The van der Waals surface area contributed by atoms with Gasteiger partial charge in [-0.15, -0.1) is 0 Å². The van der Waals surface area contributed by atoms with Crippen LogP contribution in [0.3, 0.4) is 0 Å². The van der Waals surface area contributed by atoms with Crippen molar-refractivity contribution in [1.82, 2.24) is 9.62 Å². The highest BCUT2D eigenvalue weighted by molar-refractivity contribution is 7.88. The molecule has 0 aliphatic rings. The van der Waals surface area contributed by atoms with Crippen LogP contribution in [0.15, 0.2) is 21.8 Å². The van der Waals surface area contributed by atoms with Gasteiger partial charge in [0.05, 0.1) is 5.56 Å². The minimum absolute atomic E-state index is 0.0534. The Labute approximate surface area is 122 Å². The summed E-state index contributed by atoms with van der Waals surface area (Å²) in [7, 11) is -1.12. The van der Waals surface area contributed by atoms with Crippen molar-refractivity contribution in [3.63, 3.8) is 0 Å². The molecular weight excluding hydrogens is 300 g/mol. The zero-order chi connectivity index (χ0) is 16.4. The number of nitrogens with one attached hydrogen (secondary N) is 1. The standard InChI is InChI=1S/C12H18N2O6S/c1-7(2)10(12(16)17)13-11(15)8-5-9(20-6-8)21(18,19)14(3)4/h5-7,10H,1-4H3,(H,13,15)(H,16,17)/t10-/m0/s1. The third-order valence-corrected chi connectivity index (χ3v) is 4.48. The molecular formula is C12H18N2O6S. The van der Waals surface area contributed by atoms with Crippen molar-refractivity contribution in [2.75, 3.05) is 14.1 Å². The smallest absolute Gasteiger partial charge is 0.326 e. The van der Waals surface area contributed by atoms with E-state index in [0.717, 1.165) is 16.6 Å². The Morgan fingerprint density at radius 3 is 2.33 bits per heavy atom. The van der Waals surface area contributed by atoms with Crippen LogP contribution in [0.5, 0.6) is 0 Å². The predicted octanol–water partition coefficient (Wildman–Crippen LogP) is 0.369. The molecule has 1 aromatic rings. The normalized spacial score (nSPS) is 13.4. The quantitative estimate of drug-likeness (QED) is 0.782. The SMILES string of the molecule is CC(C)[C@H](NC(=O)c1coc(S(=O)(=O)N(C)C)c1)C(=O)O. The molecule has 8 nitrogen and oxygen atoms in total. The van der Waals surface area contributed by atoms with E-state index in [2.05, 4.69) is 5.32 Å². The molecule has 1 aromatic heterocycles. The topological polar surface area (TPSA) is 117 Å². The number of hydrogen-bond donors (Lipinski definition) is 2. The number of hydrogen-bond acceptors (Lipinski definition) is 5. The molecule has 1 amide bonds. The van der Waals surface area contributed by atoms with Crippen LogP contribution in [0.2, 0.25) is 0 Å². The van der Waals surface area contributed by atoms with Crippen LogP contribution < -0.4 is 5.32 Å². The van der Waals surface area contributed by atoms with E-state index in [1.54, 1.807) is 13.8 Å². The summed E-state index contributed by atoms with van der Waals surface area (Å²) in [5.41, 5.74) is -0.0534. The monoisotopic (exact) mass is 318 g/mol. The summed E-state index contributed by atoms with van der Waals surface area (Å²) in [6.07, 6.45) is 0.977. The van der Waals surface area contributed by atoms with Crippen molar-refractivity contribution < 1.29 is 27.5 Å². The van der Waals surface area contributed by atoms with Crippen molar-refractivity contribution in [3.05, 3.63) is 17.9 Å². The van der Waals surface area contributed by atoms with Crippen LogP contribution in [0.1, 0.15) is 24.2 Å². The number of carboxylic acid groups (broad SMARTS) is 1. The molecule has 118 valence electrons. The van der Waals surface area contributed by atoms with Gasteiger partial charge in [-0.3, -0.25) is 4.79 Å². The highest BCUT2D eigenvalue weighted by Crippen LogP contribution is 2.17. The van der Waals surface area contributed by atoms with E-state index in [1.807, 2.05) is 0 Å². The molecule has 0 bridgehead atoms. The van der Waals surface area contributed by atoms with Gasteiger partial charge in [-0.2, -0.15) is 0 Å². The molecule has 9 heteroatoms. The molecule has 0 aromatic carbocycles. The van der Waals surface area contributed by atoms with Gasteiger partial charge in [0.2, 0.25) is 5.09 Å². The van der Waals surface area contributed by atoms with E-state index in [1.165, 1.54) is 14.1 Å². The van der Waals surface area contributed by atoms with E-state index in [9.17, 15) is 18.0 Å². The highest BCUT2D eigenvalue weighted by atomic mass is 32.2. The molecule has 0 fully saturated rings. The first-order valence-electron chi connectivity index (χ1n) is 6.12. The molecule has 2 N–H and O–H groups in total. The highest BCUT2D eigenvalue weighted by Gasteiger charge is 2.27. The first kappa shape index (κ1) is 17.2. The zero-order valence-corrected chi connectivity index (χ0v) is 13.0. The molecule has 0 saturated carbocycles. The minimum atomic E-state index is -3.78. The van der Waals surface area contributed by atoms with Crippen LogP contribution in [-0.4, -0.2) is 49.8 Å². The number of rotatable bonds is 6. The average molecular weight is 318 g/mol. The molecule has 1 rings (SSSR count). The van der Waals surface area contributed by atoms with Gasteiger partial charge >= 0.3 is 5.97 Å². The van der Waals surface area contributed by atoms with Gasteiger partial charge in [0.15, 0.2) is 0 Å². The first-order chi connectivity index (χ1) is 9.57. The van der Waals surface area contributed by atoms with Crippen LogP contribution in [0.25, 0.3) is 0 Å². The first-order valence-corrected chi connectivity index (χ1v) is 7.56. The number of furan rings is 1. The van der Waals surface area contributed by atoms with Gasteiger partial charge in [0.25, 0.3) is 15.9 Å². The lowest BCUT2D eigenvalue weighted by Crippen LogP contribution is -2.44. The fourth-order valence-corrected chi connectivity index (χ4v) is 2.29. The molecule has 0 unspecified atom stereocenters. The van der Waals surface area contributed by atoms with Crippen molar-refractivity contribution in [3.8, 4) is 0 Å². The Morgan fingerprint density at radius 1 is 1.33 bits per heavy atom. The van der Waals surface area contributed by atoms with Crippen molar-refractivity contribution in [2.45, 2.75) is 25.0 Å². The summed E-state index contributed by atoms with van der Waals surface area (Å²) >= 11 is 0. The zero-order valence-electron chi connectivity index (χ0n) is 12.2. The molecule has 21 heavy (non-hydrogen) atoms. The van der Waals surface area contributed by atoms with Crippen LogP contribution in [0, 0.1) is 5.92 Å². The Kier molecular flexibility index (Phi) is 5.13. The number of aliphatic carboxylic acids is 1. The number of amides is 1. The second-order valence-electron chi connectivity index (χ2n) is 4.98. The van der Waals surface area contributed by atoms with Crippen molar-refractivity contribution >= 4 is 21.9 Å². The lowest BCUT2D eigenvalue weighted by molar-refractivity contribution is -0.140. The van der Waals surface area contributed by atoms with Crippen molar-refractivity contribution in [2.24, 2.45) is 5.92 Å². The molecule has 0 aliphatic carbocycles. The van der Waals surface area contributed by atoms with Crippen LogP contribution >= 0.6 is 0 Å². The molecule has 0 aliphatic heterocycles. The maximum Gasteiger partial charge on any atom is 0.326 e. The average Bonchev–Trinajstić information content (AvgIpc) is 2.84. The van der Waals surface area contributed by atoms with Gasteiger partial charge in [0.1, 0.15) is 12.3 Å². The number of carboxylic acids is 1. The van der Waals surface area contributed by atoms with Crippen LogP contribution in [-0.2, 0) is 14.8 Å². The maximum atomic E-state index is 11.9. The third-order valence-electron chi connectivity index (χ3n) is 2.79. The van der Waals surface area contributed by atoms with E-state index >= 15 is 0 Å². The Hall–Kier alpha value is -1.87. The molecule has 1 atom stereocenters. The lowest BCUT2D eigenvalue weighted by Gasteiger charge is -2.17. The Morgan fingerprint density at radius 2 is 1.90 bits per heavy atom. The van der Waals surface area contributed by atoms with E-state index < -0.39 is 27.9 Å². The van der Waals surface area contributed by atoms with Gasteiger partial charge in [-0.1, -0.05) is 13.8 Å². The minimum Gasteiger partial charge on any atom is -0.480 e. The summed E-state index contributed by atoms with van der Waals surface area (Å²) in [4.78, 5) is 23.0. The predicted molar refractivity (Wildman–Crippen MR) is 73.3 cm³/mol. The largest absolute Gasteiger partial charge is 0.480 e. The van der Waals surface area contributed by atoms with Gasteiger partial charge in [0, 0.05) is 20.2 Å². The fraction of sp³-hybridized carbons (Fsp3) is 0.500.